The fourth-order valence-corrected chi connectivity index (χ4v) is 0.532. The lowest BCUT2D eigenvalue weighted by Gasteiger charge is -2.15. The van der Waals surface area contributed by atoms with E-state index < -0.39 is 15.7 Å². The third-order valence-electron chi connectivity index (χ3n) is 0.583. The zero-order valence-electron chi connectivity index (χ0n) is 6.83. The van der Waals surface area contributed by atoms with Crippen molar-refractivity contribution in [3.8, 4) is 0 Å². The van der Waals surface area contributed by atoms with Crippen LogP contribution in [0.5, 0.6) is 0 Å². The van der Waals surface area contributed by atoms with Crippen LogP contribution in [-0.4, -0.2) is 14.0 Å². The fourth-order valence-electron chi connectivity index (χ4n) is 0.177. The SMILES string of the molecule is C=CS(=O)(=O)OOC(C)(C)C. The Hall–Kier alpha value is -0.390. The summed E-state index contributed by atoms with van der Waals surface area (Å²) in [5.74, 6) is 0. The molecule has 11 heavy (non-hydrogen) atoms. The largest absolute Gasteiger partial charge is 0.315 e. The van der Waals surface area contributed by atoms with Gasteiger partial charge in [0.25, 0.3) is 0 Å². The van der Waals surface area contributed by atoms with E-state index in [2.05, 4.69) is 15.8 Å². The lowest BCUT2D eigenvalue weighted by atomic mass is 10.2. The maximum Gasteiger partial charge on any atom is 0.315 e. The van der Waals surface area contributed by atoms with E-state index in [1.54, 1.807) is 20.8 Å². The predicted molar refractivity (Wildman–Crippen MR) is 41.0 cm³/mol. The average Bonchev–Trinajstić information content (AvgIpc) is 1.83. The molecule has 0 aromatic heterocycles. The maximum atomic E-state index is 10.6. The van der Waals surface area contributed by atoms with Crippen LogP contribution < -0.4 is 0 Å². The number of hydrogen-bond acceptors (Lipinski definition) is 4. The molecule has 0 saturated carbocycles. The van der Waals surface area contributed by atoms with Crippen molar-refractivity contribution in [2.24, 2.45) is 0 Å². The van der Waals surface area contributed by atoms with Gasteiger partial charge in [0.1, 0.15) is 0 Å². The Kier molecular flexibility index (Phi) is 3.22. The van der Waals surface area contributed by atoms with Crippen molar-refractivity contribution in [1.82, 2.24) is 0 Å². The van der Waals surface area contributed by atoms with E-state index >= 15 is 0 Å². The highest BCUT2D eigenvalue weighted by Gasteiger charge is 2.16. The van der Waals surface area contributed by atoms with Gasteiger partial charge in [-0.05, 0) is 20.8 Å². The quantitative estimate of drug-likeness (QED) is 0.484. The van der Waals surface area contributed by atoms with Gasteiger partial charge in [0.15, 0.2) is 0 Å². The third kappa shape index (κ3) is 6.03. The highest BCUT2D eigenvalue weighted by molar-refractivity contribution is 7.89. The summed E-state index contributed by atoms with van der Waals surface area (Å²) in [5.41, 5.74) is -0.643. The molecular formula is C6H12O4S. The van der Waals surface area contributed by atoms with Gasteiger partial charge >= 0.3 is 10.1 Å². The summed E-state index contributed by atoms with van der Waals surface area (Å²) in [6.07, 6.45) is 0. The second kappa shape index (κ2) is 3.34. The van der Waals surface area contributed by atoms with Crippen LogP contribution in [-0.2, 0) is 19.3 Å². The summed E-state index contributed by atoms with van der Waals surface area (Å²) >= 11 is 0. The van der Waals surface area contributed by atoms with Gasteiger partial charge in [-0.25, -0.2) is 4.89 Å². The number of hydrogen-bond donors (Lipinski definition) is 0. The minimum Gasteiger partial charge on any atom is -0.214 e. The van der Waals surface area contributed by atoms with Crippen LogP contribution in [0.3, 0.4) is 0 Å². The summed E-state index contributed by atoms with van der Waals surface area (Å²) in [6.45, 7) is 8.06. The molecule has 0 amide bonds. The predicted octanol–water partition coefficient (Wildman–Crippen LogP) is 1.21. The van der Waals surface area contributed by atoms with E-state index in [1.165, 1.54) is 0 Å². The molecule has 66 valence electrons. The van der Waals surface area contributed by atoms with E-state index in [0.29, 0.717) is 5.41 Å². The van der Waals surface area contributed by atoms with Crippen molar-refractivity contribution in [1.29, 1.82) is 0 Å². The van der Waals surface area contributed by atoms with Crippen molar-refractivity contribution in [2.45, 2.75) is 26.4 Å². The van der Waals surface area contributed by atoms with Gasteiger partial charge in [0.2, 0.25) is 0 Å². The maximum absolute atomic E-state index is 10.6. The molecule has 0 saturated heterocycles. The highest BCUT2D eigenvalue weighted by atomic mass is 32.2. The first-order valence-electron chi connectivity index (χ1n) is 3.01. The lowest BCUT2D eigenvalue weighted by molar-refractivity contribution is -0.269. The molecule has 0 aliphatic rings. The van der Waals surface area contributed by atoms with Crippen LogP contribution in [0.1, 0.15) is 20.8 Å². The molecule has 0 unspecified atom stereocenters. The minimum absolute atomic E-state index is 0.643. The Morgan fingerprint density at radius 3 is 2.09 bits per heavy atom. The normalized spacial score (nSPS) is 13.0. The van der Waals surface area contributed by atoms with Crippen molar-refractivity contribution in [3.05, 3.63) is 12.0 Å². The first kappa shape index (κ1) is 10.6. The first-order chi connectivity index (χ1) is 4.77. The zero-order chi connectivity index (χ0) is 9.12. The van der Waals surface area contributed by atoms with Gasteiger partial charge in [-0.3, -0.25) is 0 Å². The molecule has 0 N–H and O–H groups in total. The van der Waals surface area contributed by atoms with E-state index in [1.807, 2.05) is 0 Å². The van der Waals surface area contributed by atoms with Gasteiger partial charge in [-0.15, -0.1) is 4.33 Å². The van der Waals surface area contributed by atoms with Crippen molar-refractivity contribution < 1.29 is 17.6 Å². The van der Waals surface area contributed by atoms with Crippen LogP contribution in [0.2, 0.25) is 0 Å². The molecule has 0 fully saturated rings. The highest BCUT2D eigenvalue weighted by Crippen LogP contribution is 2.09. The molecule has 0 aliphatic heterocycles. The van der Waals surface area contributed by atoms with Crippen LogP contribution in [0, 0.1) is 0 Å². The molecule has 5 heteroatoms. The lowest BCUT2D eigenvalue weighted by Crippen LogP contribution is -2.21. The summed E-state index contributed by atoms with van der Waals surface area (Å²) in [4.78, 5) is 4.53. The van der Waals surface area contributed by atoms with Gasteiger partial charge in [0, 0.05) is 0 Å². The molecule has 0 radical (unpaired) electrons. The van der Waals surface area contributed by atoms with Crippen LogP contribution in [0.4, 0.5) is 0 Å². The standard InChI is InChI=1S/C6H12O4S/c1-5-11(7,8)10-9-6(2,3)4/h5H,1H2,2-4H3. The Balaban J connectivity index is 4.01. The average molecular weight is 180 g/mol. The Morgan fingerprint density at radius 1 is 1.36 bits per heavy atom. The Morgan fingerprint density at radius 2 is 1.82 bits per heavy atom. The zero-order valence-corrected chi connectivity index (χ0v) is 7.64. The second-order valence-corrected chi connectivity index (χ2v) is 4.38. The van der Waals surface area contributed by atoms with Gasteiger partial charge in [-0.2, -0.15) is 8.42 Å². The molecule has 0 atom stereocenters. The summed E-state index contributed by atoms with van der Waals surface area (Å²) in [6, 6.07) is 0. The van der Waals surface area contributed by atoms with Crippen molar-refractivity contribution >= 4 is 10.1 Å². The van der Waals surface area contributed by atoms with Gasteiger partial charge in [0.05, 0.1) is 11.0 Å². The molecule has 0 heterocycles. The van der Waals surface area contributed by atoms with Crippen LogP contribution in [0.25, 0.3) is 0 Å². The molecule has 0 aromatic carbocycles. The van der Waals surface area contributed by atoms with E-state index in [-0.39, 0.29) is 0 Å². The Labute approximate surface area is 66.9 Å². The summed E-state index contributed by atoms with van der Waals surface area (Å²) in [7, 11) is -3.71. The minimum atomic E-state index is -3.71. The van der Waals surface area contributed by atoms with Gasteiger partial charge < -0.3 is 0 Å². The molecule has 0 rings (SSSR count). The smallest absolute Gasteiger partial charge is 0.214 e. The molecule has 0 aliphatic carbocycles. The summed E-state index contributed by atoms with van der Waals surface area (Å²) < 4.78 is 25.3. The van der Waals surface area contributed by atoms with Gasteiger partial charge in [-0.1, -0.05) is 6.58 Å². The van der Waals surface area contributed by atoms with E-state index in [0.717, 1.165) is 0 Å². The third-order valence-corrected chi connectivity index (χ3v) is 1.25. The summed E-state index contributed by atoms with van der Waals surface area (Å²) in [5, 5.41) is 0.679. The van der Waals surface area contributed by atoms with Crippen LogP contribution >= 0.6 is 0 Å². The molecule has 0 bridgehead atoms. The molecular weight excluding hydrogens is 168 g/mol. The molecule has 0 spiro atoms. The molecule has 0 aromatic rings. The van der Waals surface area contributed by atoms with E-state index in [9.17, 15) is 8.42 Å². The fraction of sp³-hybridized carbons (Fsp3) is 0.667. The van der Waals surface area contributed by atoms with Crippen molar-refractivity contribution in [2.75, 3.05) is 0 Å². The second-order valence-electron chi connectivity index (χ2n) is 2.92. The van der Waals surface area contributed by atoms with E-state index in [4.69, 9.17) is 0 Å². The topological polar surface area (TPSA) is 52.6 Å². The van der Waals surface area contributed by atoms with Crippen LogP contribution in [0.15, 0.2) is 12.0 Å². The first-order valence-corrected chi connectivity index (χ1v) is 4.49. The monoisotopic (exact) mass is 180 g/mol. The number of rotatable bonds is 3. The Bertz CT molecular complexity index is 221. The van der Waals surface area contributed by atoms with Crippen molar-refractivity contribution in [3.63, 3.8) is 0 Å². The molecule has 4 nitrogen and oxygen atoms in total.